The first-order valence-electron chi connectivity index (χ1n) is 11.8. The van der Waals surface area contributed by atoms with Gasteiger partial charge in [-0.15, -0.1) is 34.5 Å². The summed E-state index contributed by atoms with van der Waals surface area (Å²) in [6, 6.07) is 29.5. The third kappa shape index (κ3) is 5.52. The van der Waals surface area contributed by atoms with Gasteiger partial charge in [-0.1, -0.05) is 74.0 Å². The molecular weight excluding hydrogens is 476 g/mol. The number of fused-ring (bicyclic) bond motifs is 2. The van der Waals surface area contributed by atoms with Crippen LogP contribution in [0.4, 0.5) is 0 Å². The average molecular weight is 511 g/mol. The van der Waals surface area contributed by atoms with Gasteiger partial charge in [-0.05, 0) is 46.7 Å². The molecule has 0 saturated heterocycles. The van der Waals surface area contributed by atoms with Gasteiger partial charge in [0.25, 0.3) is 0 Å². The zero-order valence-electron chi connectivity index (χ0n) is 20.5. The second kappa shape index (κ2) is 13.0. The molecule has 1 aliphatic carbocycles. The molecule has 0 N–H and O–H groups in total. The smallest absolute Gasteiger partial charge is 0.346 e. The van der Waals surface area contributed by atoms with Gasteiger partial charge in [0.05, 0.1) is 0 Å². The molecule has 4 aromatic carbocycles. The van der Waals surface area contributed by atoms with Crippen molar-refractivity contribution in [2.24, 2.45) is 0 Å². The van der Waals surface area contributed by atoms with Gasteiger partial charge in [0.2, 0.25) is 0 Å². The summed E-state index contributed by atoms with van der Waals surface area (Å²) in [5.41, 5.74) is 9.75. The van der Waals surface area contributed by atoms with E-state index in [0.717, 1.165) is 12.8 Å². The molecule has 1 unspecified atom stereocenters. The van der Waals surface area contributed by atoms with Crippen molar-refractivity contribution in [3.8, 4) is 0 Å². The Balaban J connectivity index is 0.000000733. The van der Waals surface area contributed by atoms with Crippen molar-refractivity contribution >= 4 is 22.4 Å². The molecule has 1 atom stereocenters. The predicted octanol–water partition coefficient (Wildman–Crippen LogP) is 9.05. The molecule has 0 nitrogen and oxygen atoms in total. The fourth-order valence-corrected chi connectivity index (χ4v) is 4.62. The van der Waals surface area contributed by atoms with Gasteiger partial charge in [0, 0.05) is 5.92 Å². The molecule has 4 aromatic rings. The molecule has 0 heterocycles. The summed E-state index contributed by atoms with van der Waals surface area (Å²) in [4.78, 5) is 0. The molecule has 0 fully saturated rings. The minimum atomic E-state index is 0. The summed E-state index contributed by atoms with van der Waals surface area (Å²) in [5, 5.41) is 2.76. The van der Waals surface area contributed by atoms with Crippen molar-refractivity contribution in [3.63, 3.8) is 0 Å². The third-order valence-corrected chi connectivity index (χ3v) is 6.19. The Morgan fingerprint density at radius 3 is 2.09 bits per heavy atom. The fraction of sp³-hybridized carbons (Fsp3) is 0.219. The van der Waals surface area contributed by atoms with E-state index in [0.29, 0.717) is 5.92 Å². The number of benzene rings is 3. The average Bonchev–Trinajstić information content (AvgIpc) is 3.48. The van der Waals surface area contributed by atoms with Gasteiger partial charge in [0.1, 0.15) is 0 Å². The molecule has 0 spiro atoms. The number of hydrogen-bond donors (Lipinski definition) is 0. The van der Waals surface area contributed by atoms with Crippen LogP contribution in [0.2, 0.25) is 0 Å². The van der Waals surface area contributed by atoms with Crippen molar-refractivity contribution in [1.82, 2.24) is 0 Å². The van der Waals surface area contributed by atoms with E-state index < -0.39 is 0 Å². The van der Waals surface area contributed by atoms with Crippen LogP contribution in [0.1, 0.15) is 67.0 Å². The van der Waals surface area contributed by atoms with Crippen LogP contribution in [-0.2, 0) is 39.0 Å². The van der Waals surface area contributed by atoms with Crippen molar-refractivity contribution < 1.29 is 26.2 Å². The Morgan fingerprint density at radius 1 is 0.758 bits per heavy atom. The summed E-state index contributed by atoms with van der Waals surface area (Å²) in [6.45, 7) is 14.4. The van der Waals surface area contributed by atoms with E-state index in [4.69, 9.17) is 0 Å². The molecule has 0 amide bonds. The zero-order valence-corrected chi connectivity index (χ0v) is 22.9. The van der Waals surface area contributed by atoms with Gasteiger partial charge >= 0.3 is 26.2 Å². The minimum absolute atomic E-state index is 0. The first-order chi connectivity index (χ1) is 15.8. The third-order valence-electron chi connectivity index (χ3n) is 6.19. The number of aryl methyl sites for hydroxylation is 2. The van der Waals surface area contributed by atoms with E-state index in [-0.39, 0.29) is 26.2 Å². The first-order valence-corrected chi connectivity index (χ1v) is 11.8. The summed E-state index contributed by atoms with van der Waals surface area (Å²) >= 11 is 0. The summed E-state index contributed by atoms with van der Waals surface area (Å²) in [7, 11) is 0. The Kier molecular flexibility index (Phi) is 10.7. The maximum Gasteiger partial charge on any atom is 3.00 e. The molecule has 1 aliphatic rings. The molecule has 33 heavy (non-hydrogen) atoms. The van der Waals surface area contributed by atoms with Gasteiger partial charge in [-0.25, -0.2) is 0 Å². The molecule has 5 rings (SSSR count). The van der Waals surface area contributed by atoms with Gasteiger partial charge in [0.15, 0.2) is 0 Å². The van der Waals surface area contributed by atoms with Crippen molar-refractivity contribution in [3.05, 3.63) is 126 Å². The summed E-state index contributed by atoms with van der Waals surface area (Å²) in [6.07, 6.45) is 4.55. The topological polar surface area (TPSA) is 0 Å². The predicted molar refractivity (Wildman–Crippen MR) is 143 cm³/mol. The maximum absolute atomic E-state index is 3.25. The first kappa shape index (κ1) is 27.1. The molecule has 1 heteroatoms. The Bertz CT molecular complexity index is 1170. The molecule has 167 valence electrons. The molecular formula is C32H35Zr. The fourth-order valence-electron chi connectivity index (χ4n) is 4.62. The van der Waals surface area contributed by atoms with E-state index in [1.165, 1.54) is 49.7 Å². The van der Waals surface area contributed by atoms with Crippen LogP contribution in [0.15, 0.2) is 78.9 Å². The van der Waals surface area contributed by atoms with Crippen LogP contribution in [0.25, 0.3) is 22.4 Å². The van der Waals surface area contributed by atoms with Gasteiger partial charge in [-0.2, -0.15) is 19.9 Å². The van der Waals surface area contributed by atoms with Crippen LogP contribution >= 0.6 is 0 Å². The van der Waals surface area contributed by atoms with Crippen LogP contribution in [0, 0.1) is 13.8 Å². The molecule has 0 bridgehead atoms. The molecule has 0 aliphatic heterocycles. The Labute approximate surface area is 220 Å². The summed E-state index contributed by atoms with van der Waals surface area (Å²) < 4.78 is 0. The normalized spacial score (nSPS) is 13.6. The van der Waals surface area contributed by atoms with E-state index in [1.54, 1.807) is 13.8 Å². The van der Waals surface area contributed by atoms with E-state index in [1.807, 2.05) is 0 Å². The molecule has 0 aromatic heterocycles. The van der Waals surface area contributed by atoms with E-state index in [2.05, 4.69) is 113 Å². The maximum atomic E-state index is 3.25. The zero-order chi connectivity index (χ0) is 23.1. The number of allylic oxidation sites excluding steroid dienone is 1. The monoisotopic (exact) mass is 509 g/mol. The minimum Gasteiger partial charge on any atom is -0.346 e. The van der Waals surface area contributed by atoms with E-state index in [9.17, 15) is 0 Å². The van der Waals surface area contributed by atoms with Crippen molar-refractivity contribution in [2.75, 3.05) is 0 Å². The Hall–Kier alpha value is -2.11. The quantitative estimate of drug-likeness (QED) is 0.240. The van der Waals surface area contributed by atoms with Crippen molar-refractivity contribution in [2.45, 2.75) is 46.5 Å². The van der Waals surface area contributed by atoms with Gasteiger partial charge in [-0.3, -0.25) is 0 Å². The van der Waals surface area contributed by atoms with Gasteiger partial charge < -0.3 is 13.8 Å². The SMILES string of the molecule is CCc1ccc(C2=Cc3ccccc3C2c2cccc3[cH-]c(CC)cc23)cc1.[CH2-]C.[CH2-]C.[Zr+3]. The second-order valence-corrected chi connectivity index (χ2v) is 7.78. The molecule has 0 saturated carbocycles. The van der Waals surface area contributed by atoms with Crippen LogP contribution in [-0.4, -0.2) is 0 Å². The number of rotatable bonds is 4. The van der Waals surface area contributed by atoms with Crippen molar-refractivity contribution in [1.29, 1.82) is 0 Å². The van der Waals surface area contributed by atoms with Crippen LogP contribution in [0.5, 0.6) is 0 Å². The van der Waals surface area contributed by atoms with E-state index >= 15 is 0 Å². The van der Waals surface area contributed by atoms with Crippen LogP contribution in [0.3, 0.4) is 0 Å². The largest absolute Gasteiger partial charge is 3.00 e. The molecule has 1 radical (unpaired) electrons. The Morgan fingerprint density at radius 2 is 1.42 bits per heavy atom. The number of hydrogen-bond acceptors (Lipinski definition) is 0. The standard InChI is InChI=1S/C28H25.2C2H5.Zr/c1-3-19-12-14-21(15-13-19)27-18-23-8-5-6-10-24(23)28(27)25-11-7-9-22-16-20(4-2)17-26(22)25;2*1-2;/h5-18,28H,3-4H2,1-2H3;2*1H2,2H3;/q3*-1;+3. The second-order valence-electron chi connectivity index (χ2n) is 7.78. The summed E-state index contributed by atoms with van der Waals surface area (Å²) in [5.74, 6) is 0.291. The van der Waals surface area contributed by atoms with Crippen LogP contribution < -0.4 is 0 Å².